The number of carbonyl (C=O) groups is 1. The van der Waals surface area contributed by atoms with E-state index in [1.165, 1.54) is 0 Å². The molecule has 0 bridgehead atoms. The number of carbonyl (C=O) groups excluding carboxylic acids is 1. The average molecular weight is 170 g/mol. The minimum atomic E-state index is 0.213. The van der Waals surface area contributed by atoms with Gasteiger partial charge in [-0.05, 0) is 19.4 Å². The first-order valence-corrected chi connectivity index (χ1v) is 4.71. The standard InChI is InChI=1S/C9H18N2O/c1-7(2)10-6-5-8-3-4-9(12)11-8/h7-8,10H,3-6H2,1-2H3,(H,11,12)/t8-/m0/s1. The number of amides is 1. The van der Waals surface area contributed by atoms with Gasteiger partial charge in [0, 0.05) is 18.5 Å². The van der Waals surface area contributed by atoms with E-state index in [1.807, 2.05) is 0 Å². The van der Waals surface area contributed by atoms with Crippen molar-refractivity contribution in [2.75, 3.05) is 6.54 Å². The zero-order valence-corrected chi connectivity index (χ0v) is 7.89. The first-order valence-electron chi connectivity index (χ1n) is 4.71. The molecule has 0 saturated carbocycles. The smallest absolute Gasteiger partial charge is 0.220 e. The van der Waals surface area contributed by atoms with E-state index in [0.29, 0.717) is 18.5 Å². The van der Waals surface area contributed by atoms with Crippen molar-refractivity contribution < 1.29 is 4.79 Å². The summed E-state index contributed by atoms with van der Waals surface area (Å²) in [6.07, 6.45) is 2.79. The molecular weight excluding hydrogens is 152 g/mol. The molecule has 3 heteroatoms. The normalized spacial score (nSPS) is 23.2. The predicted molar refractivity (Wildman–Crippen MR) is 48.9 cm³/mol. The third-order valence-corrected chi connectivity index (χ3v) is 2.13. The van der Waals surface area contributed by atoms with Gasteiger partial charge in [0.05, 0.1) is 0 Å². The van der Waals surface area contributed by atoms with Gasteiger partial charge >= 0.3 is 0 Å². The van der Waals surface area contributed by atoms with Crippen LogP contribution in [0.1, 0.15) is 33.1 Å². The van der Waals surface area contributed by atoms with Crippen molar-refractivity contribution in [3.63, 3.8) is 0 Å². The maximum Gasteiger partial charge on any atom is 0.220 e. The van der Waals surface area contributed by atoms with E-state index in [9.17, 15) is 4.79 Å². The highest BCUT2D eigenvalue weighted by Crippen LogP contribution is 2.08. The second kappa shape index (κ2) is 4.45. The van der Waals surface area contributed by atoms with Crippen LogP contribution in [0, 0.1) is 0 Å². The van der Waals surface area contributed by atoms with E-state index < -0.39 is 0 Å². The van der Waals surface area contributed by atoms with Crippen molar-refractivity contribution in [1.82, 2.24) is 10.6 Å². The maximum atomic E-state index is 10.8. The van der Waals surface area contributed by atoms with Crippen molar-refractivity contribution in [3.05, 3.63) is 0 Å². The molecule has 1 fully saturated rings. The lowest BCUT2D eigenvalue weighted by Gasteiger charge is -2.12. The molecule has 1 rings (SSSR count). The quantitative estimate of drug-likeness (QED) is 0.650. The lowest BCUT2D eigenvalue weighted by Crippen LogP contribution is -2.31. The van der Waals surface area contributed by atoms with E-state index >= 15 is 0 Å². The van der Waals surface area contributed by atoms with Crippen molar-refractivity contribution in [2.24, 2.45) is 0 Å². The van der Waals surface area contributed by atoms with Gasteiger partial charge in [-0.25, -0.2) is 0 Å². The monoisotopic (exact) mass is 170 g/mol. The van der Waals surface area contributed by atoms with Crippen LogP contribution in [-0.2, 0) is 4.79 Å². The van der Waals surface area contributed by atoms with E-state index in [1.54, 1.807) is 0 Å². The Morgan fingerprint density at radius 2 is 2.42 bits per heavy atom. The van der Waals surface area contributed by atoms with Gasteiger partial charge in [0.25, 0.3) is 0 Å². The molecule has 0 aromatic heterocycles. The van der Waals surface area contributed by atoms with Crippen molar-refractivity contribution in [2.45, 2.75) is 45.2 Å². The van der Waals surface area contributed by atoms with Gasteiger partial charge in [-0.3, -0.25) is 4.79 Å². The number of hydrogen-bond donors (Lipinski definition) is 2. The Morgan fingerprint density at radius 3 is 2.92 bits per heavy atom. The van der Waals surface area contributed by atoms with E-state index in [-0.39, 0.29) is 5.91 Å². The molecule has 70 valence electrons. The van der Waals surface area contributed by atoms with E-state index in [0.717, 1.165) is 19.4 Å². The number of rotatable bonds is 4. The summed E-state index contributed by atoms with van der Waals surface area (Å²) in [5.41, 5.74) is 0. The Balaban J connectivity index is 2.04. The Kier molecular flexibility index (Phi) is 3.53. The highest BCUT2D eigenvalue weighted by atomic mass is 16.1. The summed E-state index contributed by atoms with van der Waals surface area (Å²) in [6.45, 7) is 5.27. The van der Waals surface area contributed by atoms with Gasteiger partial charge in [0.1, 0.15) is 0 Å². The van der Waals surface area contributed by atoms with Gasteiger partial charge in [0.15, 0.2) is 0 Å². The molecule has 3 nitrogen and oxygen atoms in total. The maximum absolute atomic E-state index is 10.8. The minimum Gasteiger partial charge on any atom is -0.353 e. The summed E-state index contributed by atoms with van der Waals surface area (Å²) in [5.74, 6) is 0.213. The molecule has 1 aliphatic heterocycles. The molecule has 0 unspecified atom stereocenters. The van der Waals surface area contributed by atoms with Crippen molar-refractivity contribution >= 4 is 5.91 Å². The molecule has 0 aromatic rings. The summed E-state index contributed by atoms with van der Waals surface area (Å²) in [6, 6.07) is 0.964. The molecule has 0 aromatic carbocycles. The van der Waals surface area contributed by atoms with E-state index in [2.05, 4.69) is 24.5 Å². The number of hydrogen-bond acceptors (Lipinski definition) is 2. The Morgan fingerprint density at radius 1 is 1.67 bits per heavy atom. The van der Waals surface area contributed by atoms with Crippen LogP contribution in [0.2, 0.25) is 0 Å². The topological polar surface area (TPSA) is 41.1 Å². The molecule has 1 saturated heterocycles. The molecule has 0 aliphatic carbocycles. The summed E-state index contributed by atoms with van der Waals surface area (Å²) in [7, 11) is 0. The molecule has 1 amide bonds. The van der Waals surface area contributed by atoms with Gasteiger partial charge < -0.3 is 10.6 Å². The molecule has 12 heavy (non-hydrogen) atoms. The zero-order valence-electron chi connectivity index (χ0n) is 7.89. The third-order valence-electron chi connectivity index (χ3n) is 2.13. The van der Waals surface area contributed by atoms with Gasteiger partial charge in [0.2, 0.25) is 5.91 Å². The van der Waals surface area contributed by atoms with Crippen LogP contribution in [0.15, 0.2) is 0 Å². The highest BCUT2D eigenvalue weighted by Gasteiger charge is 2.19. The second-order valence-corrected chi connectivity index (χ2v) is 3.70. The first kappa shape index (κ1) is 9.52. The van der Waals surface area contributed by atoms with Crippen LogP contribution >= 0.6 is 0 Å². The zero-order chi connectivity index (χ0) is 8.97. The molecular formula is C9H18N2O. The van der Waals surface area contributed by atoms with Crippen LogP contribution in [0.3, 0.4) is 0 Å². The van der Waals surface area contributed by atoms with Crippen LogP contribution in [0.25, 0.3) is 0 Å². The SMILES string of the molecule is CC(C)NCC[C@@H]1CCC(=O)N1. The van der Waals surface area contributed by atoms with E-state index in [4.69, 9.17) is 0 Å². The summed E-state index contributed by atoms with van der Waals surface area (Å²) in [5, 5.41) is 6.28. The average Bonchev–Trinajstić information content (AvgIpc) is 2.35. The van der Waals surface area contributed by atoms with Gasteiger partial charge in [-0.2, -0.15) is 0 Å². The lowest BCUT2D eigenvalue weighted by molar-refractivity contribution is -0.119. The fourth-order valence-electron chi connectivity index (χ4n) is 1.44. The predicted octanol–water partition coefficient (Wildman–Crippen LogP) is 0.653. The second-order valence-electron chi connectivity index (χ2n) is 3.70. The Hall–Kier alpha value is -0.570. The molecule has 2 N–H and O–H groups in total. The summed E-state index contributed by atoms with van der Waals surface area (Å²) in [4.78, 5) is 10.8. The molecule has 1 atom stereocenters. The summed E-state index contributed by atoms with van der Waals surface area (Å²) >= 11 is 0. The highest BCUT2D eigenvalue weighted by molar-refractivity contribution is 5.78. The van der Waals surface area contributed by atoms with Gasteiger partial charge in [-0.15, -0.1) is 0 Å². The lowest BCUT2D eigenvalue weighted by atomic mass is 10.1. The molecule has 1 heterocycles. The van der Waals surface area contributed by atoms with Crippen LogP contribution in [-0.4, -0.2) is 24.5 Å². The van der Waals surface area contributed by atoms with Crippen LogP contribution in [0.5, 0.6) is 0 Å². The Bertz CT molecular complexity index is 157. The van der Waals surface area contributed by atoms with Gasteiger partial charge in [-0.1, -0.05) is 13.8 Å². The fourth-order valence-corrected chi connectivity index (χ4v) is 1.44. The van der Waals surface area contributed by atoms with Crippen molar-refractivity contribution in [3.8, 4) is 0 Å². The largest absolute Gasteiger partial charge is 0.353 e. The minimum absolute atomic E-state index is 0.213. The molecule has 1 aliphatic rings. The molecule has 0 spiro atoms. The van der Waals surface area contributed by atoms with Crippen LogP contribution < -0.4 is 10.6 Å². The van der Waals surface area contributed by atoms with Crippen molar-refractivity contribution in [1.29, 1.82) is 0 Å². The van der Waals surface area contributed by atoms with Crippen LogP contribution in [0.4, 0.5) is 0 Å². The number of nitrogens with one attached hydrogen (secondary N) is 2. The fraction of sp³-hybridized carbons (Fsp3) is 0.889. The molecule has 0 radical (unpaired) electrons. The Labute approximate surface area is 73.9 Å². The first-order chi connectivity index (χ1) is 5.68. The third kappa shape index (κ3) is 3.22. The summed E-state index contributed by atoms with van der Waals surface area (Å²) < 4.78 is 0.